The molecule has 0 bridgehead atoms. The van der Waals surface area contributed by atoms with Crippen LogP contribution >= 0.6 is 11.6 Å². The second-order valence-corrected chi connectivity index (χ2v) is 8.45. The zero-order valence-corrected chi connectivity index (χ0v) is 16.1. The van der Waals surface area contributed by atoms with Crippen LogP contribution in [0, 0.1) is 6.92 Å². The van der Waals surface area contributed by atoms with Gasteiger partial charge in [0, 0.05) is 36.1 Å². The minimum Gasteiger partial charge on any atom is -0.263 e. The van der Waals surface area contributed by atoms with Crippen LogP contribution in [0.5, 0.6) is 0 Å². The molecule has 0 fully saturated rings. The van der Waals surface area contributed by atoms with Gasteiger partial charge in [-0.25, -0.2) is 17.4 Å². The normalized spacial score (nSPS) is 11.8. The van der Waals surface area contributed by atoms with Crippen LogP contribution in [0.3, 0.4) is 0 Å². The molecule has 7 heteroatoms. The van der Waals surface area contributed by atoms with Crippen molar-refractivity contribution in [1.29, 1.82) is 0 Å². The summed E-state index contributed by atoms with van der Waals surface area (Å²) < 4.78 is 27.2. The van der Waals surface area contributed by atoms with E-state index in [9.17, 15) is 8.42 Å². The van der Waals surface area contributed by atoms with Crippen LogP contribution in [0.1, 0.15) is 16.8 Å². The van der Waals surface area contributed by atoms with E-state index < -0.39 is 10.0 Å². The number of rotatable bonds is 4. The lowest BCUT2D eigenvalue weighted by atomic mass is 10.1. The first-order valence-electron chi connectivity index (χ1n) is 8.33. The Hall–Kier alpha value is -2.70. The second kappa shape index (κ2) is 6.79. The minimum atomic E-state index is -3.71. The third-order valence-corrected chi connectivity index (χ3v) is 6.37. The first-order valence-corrected chi connectivity index (χ1v) is 10.1. The smallest absolute Gasteiger partial charge is 0.263 e. The molecule has 4 rings (SSSR count). The molecule has 0 atom stereocenters. The van der Waals surface area contributed by atoms with Gasteiger partial charge in [0.05, 0.1) is 5.52 Å². The number of hydrogen-bond donors (Lipinski definition) is 0. The fourth-order valence-corrected chi connectivity index (χ4v) is 4.56. The van der Waals surface area contributed by atoms with E-state index in [1.54, 1.807) is 24.5 Å². The van der Waals surface area contributed by atoms with Crippen LogP contribution in [-0.4, -0.2) is 22.4 Å². The van der Waals surface area contributed by atoms with Gasteiger partial charge in [-0.3, -0.25) is 4.98 Å². The van der Waals surface area contributed by atoms with E-state index in [0.717, 1.165) is 22.2 Å². The number of aromatic nitrogens is 3. The van der Waals surface area contributed by atoms with Crippen LogP contribution in [0.25, 0.3) is 10.9 Å². The molecule has 0 N–H and O–H groups in total. The Morgan fingerprint density at radius 3 is 2.70 bits per heavy atom. The third-order valence-electron chi connectivity index (χ3n) is 4.37. The summed E-state index contributed by atoms with van der Waals surface area (Å²) in [5.41, 5.74) is 3.33. The number of halogens is 1. The topological polar surface area (TPSA) is 64.8 Å². The van der Waals surface area contributed by atoms with Crippen molar-refractivity contribution in [1.82, 2.24) is 13.9 Å². The summed E-state index contributed by atoms with van der Waals surface area (Å²) in [6.45, 7) is 1.89. The van der Waals surface area contributed by atoms with Gasteiger partial charge in [-0.1, -0.05) is 29.8 Å². The summed E-state index contributed by atoms with van der Waals surface area (Å²) >= 11 is 6.24. The van der Waals surface area contributed by atoms with Crippen LogP contribution in [0.2, 0.25) is 5.15 Å². The van der Waals surface area contributed by atoms with Crippen LogP contribution in [-0.2, 0) is 16.4 Å². The summed E-state index contributed by atoms with van der Waals surface area (Å²) in [6, 6.07) is 14.5. The molecule has 136 valence electrons. The molecule has 4 aromatic rings. The standard InChI is InChI=1S/C20H16ClN3O2S/c1-14-4-6-17(20(21)23-14)11-15-5-7-16-8-10-24(19(16)12-15)27(25,26)18-3-2-9-22-13-18/h2-10,12-13H,11H2,1H3. The highest BCUT2D eigenvalue weighted by Crippen LogP contribution is 2.25. The molecular formula is C20H16ClN3O2S. The lowest BCUT2D eigenvalue weighted by Gasteiger charge is -2.09. The van der Waals surface area contributed by atoms with E-state index in [1.807, 2.05) is 37.3 Å². The lowest BCUT2D eigenvalue weighted by molar-refractivity contribution is 0.588. The maximum atomic E-state index is 13.0. The van der Waals surface area contributed by atoms with Crippen molar-refractivity contribution < 1.29 is 8.42 Å². The van der Waals surface area contributed by atoms with Crippen molar-refractivity contribution in [2.24, 2.45) is 0 Å². The fourth-order valence-electron chi connectivity index (χ4n) is 2.99. The molecule has 0 aliphatic heterocycles. The number of hydrogen-bond acceptors (Lipinski definition) is 4. The Bertz CT molecular complexity index is 1230. The molecule has 0 radical (unpaired) electrons. The molecule has 0 saturated heterocycles. The van der Waals surface area contributed by atoms with Gasteiger partial charge >= 0.3 is 0 Å². The van der Waals surface area contributed by atoms with Gasteiger partial charge in [0.1, 0.15) is 10.0 Å². The monoisotopic (exact) mass is 397 g/mol. The van der Waals surface area contributed by atoms with E-state index in [2.05, 4.69) is 9.97 Å². The van der Waals surface area contributed by atoms with Crippen LogP contribution in [0.15, 0.2) is 72.0 Å². The second-order valence-electron chi connectivity index (χ2n) is 6.28. The summed E-state index contributed by atoms with van der Waals surface area (Å²) in [5.74, 6) is 0. The molecular weight excluding hydrogens is 382 g/mol. The lowest BCUT2D eigenvalue weighted by Crippen LogP contribution is -2.12. The Morgan fingerprint density at radius 2 is 1.96 bits per heavy atom. The number of fused-ring (bicyclic) bond motifs is 1. The van der Waals surface area contributed by atoms with Gasteiger partial charge in [0.15, 0.2) is 0 Å². The zero-order chi connectivity index (χ0) is 19.0. The molecule has 0 amide bonds. The molecule has 0 saturated carbocycles. The largest absolute Gasteiger partial charge is 0.269 e. The van der Waals surface area contributed by atoms with E-state index in [4.69, 9.17) is 11.6 Å². The first kappa shape index (κ1) is 17.7. The third kappa shape index (κ3) is 3.34. The number of benzene rings is 1. The SMILES string of the molecule is Cc1ccc(Cc2ccc3ccn(S(=O)(=O)c4cccnc4)c3c2)c(Cl)n1. The average molecular weight is 398 g/mol. The van der Waals surface area contributed by atoms with Gasteiger partial charge in [-0.05, 0) is 48.4 Å². The molecule has 5 nitrogen and oxygen atoms in total. The highest BCUT2D eigenvalue weighted by Gasteiger charge is 2.19. The molecule has 0 unspecified atom stereocenters. The summed E-state index contributed by atoms with van der Waals surface area (Å²) in [7, 11) is -3.71. The van der Waals surface area contributed by atoms with Crippen molar-refractivity contribution in [3.05, 3.63) is 89.1 Å². The average Bonchev–Trinajstić information content (AvgIpc) is 3.09. The Morgan fingerprint density at radius 1 is 1.11 bits per heavy atom. The molecule has 3 heterocycles. The van der Waals surface area contributed by atoms with E-state index in [1.165, 1.54) is 16.2 Å². The molecule has 0 aliphatic rings. The van der Waals surface area contributed by atoms with Crippen molar-refractivity contribution >= 4 is 32.5 Å². The zero-order valence-electron chi connectivity index (χ0n) is 14.5. The number of pyridine rings is 2. The first-order chi connectivity index (χ1) is 12.9. The van der Waals surface area contributed by atoms with Crippen LogP contribution in [0.4, 0.5) is 0 Å². The van der Waals surface area contributed by atoms with Gasteiger partial charge in [-0.15, -0.1) is 0 Å². The molecule has 3 aromatic heterocycles. The minimum absolute atomic E-state index is 0.152. The highest BCUT2D eigenvalue weighted by atomic mass is 35.5. The summed E-state index contributed by atoms with van der Waals surface area (Å²) in [6.07, 6.45) is 5.03. The van der Waals surface area contributed by atoms with Crippen molar-refractivity contribution in [3.8, 4) is 0 Å². The summed E-state index contributed by atoms with van der Waals surface area (Å²) in [5, 5.41) is 1.31. The Kier molecular flexibility index (Phi) is 4.45. The van der Waals surface area contributed by atoms with Gasteiger partial charge < -0.3 is 0 Å². The molecule has 0 spiro atoms. The maximum absolute atomic E-state index is 13.0. The molecule has 1 aromatic carbocycles. The maximum Gasteiger partial charge on any atom is 0.269 e. The Labute approximate surface area is 162 Å². The van der Waals surface area contributed by atoms with Gasteiger partial charge in [0.2, 0.25) is 0 Å². The van der Waals surface area contributed by atoms with E-state index in [0.29, 0.717) is 17.1 Å². The van der Waals surface area contributed by atoms with E-state index in [-0.39, 0.29) is 4.90 Å². The molecule has 0 aliphatic carbocycles. The quantitative estimate of drug-likeness (QED) is 0.483. The predicted octanol–water partition coefficient (Wildman–Crippen LogP) is 4.22. The van der Waals surface area contributed by atoms with Crippen molar-refractivity contribution in [2.75, 3.05) is 0 Å². The predicted molar refractivity (Wildman–Crippen MR) is 106 cm³/mol. The molecule has 27 heavy (non-hydrogen) atoms. The Balaban J connectivity index is 1.78. The highest BCUT2D eigenvalue weighted by molar-refractivity contribution is 7.90. The summed E-state index contributed by atoms with van der Waals surface area (Å²) in [4.78, 5) is 8.34. The van der Waals surface area contributed by atoms with E-state index >= 15 is 0 Å². The van der Waals surface area contributed by atoms with Gasteiger partial charge in [-0.2, -0.15) is 0 Å². The van der Waals surface area contributed by atoms with Crippen LogP contribution < -0.4 is 0 Å². The van der Waals surface area contributed by atoms with Crippen molar-refractivity contribution in [3.63, 3.8) is 0 Å². The van der Waals surface area contributed by atoms with Gasteiger partial charge in [0.25, 0.3) is 10.0 Å². The van der Waals surface area contributed by atoms with Crippen molar-refractivity contribution in [2.45, 2.75) is 18.2 Å². The fraction of sp³-hybridized carbons (Fsp3) is 0.100. The number of nitrogens with zero attached hydrogens (tertiary/aromatic N) is 3. The number of aryl methyl sites for hydroxylation is 1.